The summed E-state index contributed by atoms with van der Waals surface area (Å²) in [5.74, 6) is 0. The van der Waals surface area contributed by atoms with Gasteiger partial charge in [0.1, 0.15) is 0 Å². The molecule has 0 bridgehead atoms. The molecule has 1 atom stereocenters. The molecule has 4 heteroatoms. The molecule has 2 rings (SSSR count). The molecule has 3 nitrogen and oxygen atoms in total. The summed E-state index contributed by atoms with van der Waals surface area (Å²) in [4.78, 5) is 5.84. The van der Waals surface area contributed by atoms with Gasteiger partial charge in [-0.05, 0) is 6.92 Å². The number of hydrogen-bond acceptors (Lipinski definition) is 4. The first kappa shape index (κ1) is 9.12. The quantitative estimate of drug-likeness (QED) is 0.774. The van der Waals surface area contributed by atoms with Gasteiger partial charge in [0, 0.05) is 18.9 Å². The van der Waals surface area contributed by atoms with E-state index in [1.165, 1.54) is 10.6 Å². The van der Waals surface area contributed by atoms with E-state index in [2.05, 4.69) is 4.98 Å². The number of nitrogens with zero attached hydrogens (tertiary/aromatic N) is 1. The number of hydrogen-bond donors (Lipinski definition) is 1. The summed E-state index contributed by atoms with van der Waals surface area (Å²) >= 11 is 1.75. The van der Waals surface area contributed by atoms with Gasteiger partial charge in [0.05, 0.1) is 28.8 Å². The predicted molar refractivity (Wildman–Crippen MR) is 52.8 cm³/mol. The molecule has 1 aliphatic heterocycles. The minimum Gasteiger partial charge on any atom is -0.375 e. The van der Waals surface area contributed by atoms with E-state index in [0.29, 0.717) is 0 Å². The van der Waals surface area contributed by atoms with Crippen molar-refractivity contribution in [1.29, 1.82) is 0 Å². The number of ether oxygens (including phenoxy) is 1. The van der Waals surface area contributed by atoms with Gasteiger partial charge in [0.2, 0.25) is 0 Å². The largest absolute Gasteiger partial charge is 0.375 e. The lowest BCUT2D eigenvalue weighted by atomic mass is 10.2. The number of nitrogens with two attached hydrogens (primary N) is 1. The third-order valence-electron chi connectivity index (χ3n) is 2.04. The van der Waals surface area contributed by atoms with E-state index < -0.39 is 0 Å². The minimum atomic E-state index is 0.202. The summed E-state index contributed by atoms with van der Waals surface area (Å²) in [7, 11) is 0. The Hall–Kier alpha value is -0.450. The summed E-state index contributed by atoms with van der Waals surface area (Å²) < 4.78 is 5.35. The first-order valence-electron chi connectivity index (χ1n) is 4.56. The lowest BCUT2D eigenvalue weighted by Gasteiger charge is -2.08. The van der Waals surface area contributed by atoms with Gasteiger partial charge in [-0.1, -0.05) is 0 Å². The Labute approximate surface area is 81.9 Å². The highest BCUT2D eigenvalue weighted by molar-refractivity contribution is 7.11. The molecule has 0 aliphatic carbocycles. The number of rotatable bonds is 2. The molecule has 72 valence electrons. The number of aromatic nitrogens is 1. The Kier molecular flexibility index (Phi) is 2.62. The normalized spacial score (nSPS) is 18.3. The molecule has 1 aliphatic rings. The number of fused-ring (bicyclic) bond motifs is 1. The maximum absolute atomic E-state index is 5.72. The molecule has 1 unspecified atom stereocenters. The molecular weight excluding hydrogens is 184 g/mol. The average Bonchev–Trinajstić information content (AvgIpc) is 2.44. The average molecular weight is 198 g/mol. The number of thiazole rings is 1. The van der Waals surface area contributed by atoms with E-state index >= 15 is 0 Å². The monoisotopic (exact) mass is 198 g/mol. The Bertz CT molecular complexity index is 272. The van der Waals surface area contributed by atoms with Crippen LogP contribution in [0.1, 0.15) is 22.5 Å². The van der Waals surface area contributed by atoms with E-state index in [-0.39, 0.29) is 6.04 Å². The van der Waals surface area contributed by atoms with E-state index in [4.69, 9.17) is 10.5 Å². The minimum absolute atomic E-state index is 0.202. The summed E-state index contributed by atoms with van der Waals surface area (Å²) in [5.41, 5.74) is 6.95. The fourth-order valence-corrected chi connectivity index (χ4v) is 2.64. The van der Waals surface area contributed by atoms with Crippen LogP contribution in [0.15, 0.2) is 0 Å². The molecular formula is C9H14N2OS. The molecule has 0 saturated carbocycles. The second kappa shape index (κ2) is 3.74. The van der Waals surface area contributed by atoms with Gasteiger partial charge in [0.25, 0.3) is 0 Å². The molecule has 0 aromatic carbocycles. The van der Waals surface area contributed by atoms with Crippen molar-refractivity contribution < 1.29 is 4.74 Å². The van der Waals surface area contributed by atoms with E-state index in [1.54, 1.807) is 11.3 Å². The van der Waals surface area contributed by atoms with Gasteiger partial charge in [-0.25, -0.2) is 4.98 Å². The van der Waals surface area contributed by atoms with E-state index in [1.807, 2.05) is 6.92 Å². The van der Waals surface area contributed by atoms with Crippen LogP contribution in [-0.4, -0.2) is 17.6 Å². The molecule has 0 saturated heterocycles. The Balaban J connectivity index is 2.15. The van der Waals surface area contributed by atoms with Crippen LogP contribution in [-0.2, 0) is 24.2 Å². The van der Waals surface area contributed by atoms with Gasteiger partial charge in [0.15, 0.2) is 0 Å². The van der Waals surface area contributed by atoms with Crippen molar-refractivity contribution >= 4 is 11.3 Å². The van der Waals surface area contributed by atoms with Crippen molar-refractivity contribution in [3.8, 4) is 0 Å². The molecule has 0 spiro atoms. The highest BCUT2D eigenvalue weighted by Gasteiger charge is 2.15. The summed E-state index contributed by atoms with van der Waals surface area (Å²) in [6.45, 7) is 3.57. The Morgan fingerprint density at radius 2 is 2.54 bits per heavy atom. The molecule has 2 N–H and O–H groups in total. The summed E-state index contributed by atoms with van der Waals surface area (Å²) in [6.07, 6.45) is 1.85. The van der Waals surface area contributed by atoms with Gasteiger partial charge < -0.3 is 10.5 Å². The molecule has 0 fully saturated rings. The topological polar surface area (TPSA) is 48.1 Å². The Morgan fingerprint density at radius 1 is 1.69 bits per heavy atom. The standard InChI is InChI=1S/C9H14N2OS/c1-6(10)4-9-11-7-2-3-12-5-8(7)13-9/h6H,2-5,10H2,1H3. The third-order valence-corrected chi connectivity index (χ3v) is 3.13. The smallest absolute Gasteiger partial charge is 0.0947 e. The lowest BCUT2D eigenvalue weighted by molar-refractivity contribution is 0.112. The zero-order valence-electron chi connectivity index (χ0n) is 7.75. The predicted octanol–water partition coefficient (Wildman–Crippen LogP) is 1.11. The zero-order chi connectivity index (χ0) is 9.26. The van der Waals surface area contributed by atoms with E-state index in [9.17, 15) is 0 Å². The van der Waals surface area contributed by atoms with Crippen LogP contribution in [0.4, 0.5) is 0 Å². The van der Waals surface area contributed by atoms with Crippen molar-refractivity contribution in [2.75, 3.05) is 6.61 Å². The van der Waals surface area contributed by atoms with E-state index in [0.717, 1.165) is 31.1 Å². The first-order valence-corrected chi connectivity index (χ1v) is 5.38. The van der Waals surface area contributed by atoms with Crippen molar-refractivity contribution in [3.63, 3.8) is 0 Å². The summed E-state index contributed by atoms with van der Waals surface area (Å²) in [6, 6.07) is 0.202. The van der Waals surface area contributed by atoms with Gasteiger partial charge in [-0.15, -0.1) is 11.3 Å². The second-order valence-electron chi connectivity index (χ2n) is 3.46. The van der Waals surface area contributed by atoms with Crippen LogP contribution >= 0.6 is 11.3 Å². The van der Waals surface area contributed by atoms with Crippen molar-refractivity contribution in [3.05, 3.63) is 15.6 Å². The van der Waals surface area contributed by atoms with Crippen LogP contribution in [0, 0.1) is 0 Å². The summed E-state index contributed by atoms with van der Waals surface area (Å²) in [5, 5.41) is 1.16. The van der Waals surface area contributed by atoms with Gasteiger partial charge in [-0.3, -0.25) is 0 Å². The van der Waals surface area contributed by atoms with Crippen LogP contribution in [0.5, 0.6) is 0 Å². The highest BCUT2D eigenvalue weighted by Crippen LogP contribution is 2.24. The fraction of sp³-hybridized carbons (Fsp3) is 0.667. The van der Waals surface area contributed by atoms with Crippen molar-refractivity contribution in [2.24, 2.45) is 5.73 Å². The molecule has 1 aromatic heterocycles. The second-order valence-corrected chi connectivity index (χ2v) is 4.63. The molecule has 1 aromatic rings. The maximum Gasteiger partial charge on any atom is 0.0947 e. The third kappa shape index (κ3) is 2.07. The van der Waals surface area contributed by atoms with Gasteiger partial charge >= 0.3 is 0 Å². The zero-order valence-corrected chi connectivity index (χ0v) is 8.56. The first-order chi connectivity index (χ1) is 6.25. The Morgan fingerprint density at radius 3 is 3.23 bits per heavy atom. The molecule has 0 radical (unpaired) electrons. The van der Waals surface area contributed by atoms with Crippen molar-refractivity contribution in [1.82, 2.24) is 4.98 Å². The van der Waals surface area contributed by atoms with Gasteiger partial charge in [-0.2, -0.15) is 0 Å². The molecule has 0 amide bonds. The van der Waals surface area contributed by atoms with Crippen molar-refractivity contribution in [2.45, 2.75) is 32.4 Å². The van der Waals surface area contributed by atoms with Crippen LogP contribution in [0.3, 0.4) is 0 Å². The maximum atomic E-state index is 5.72. The van der Waals surface area contributed by atoms with Crippen LogP contribution in [0.25, 0.3) is 0 Å². The highest BCUT2D eigenvalue weighted by atomic mass is 32.1. The van der Waals surface area contributed by atoms with Crippen LogP contribution in [0.2, 0.25) is 0 Å². The molecule has 2 heterocycles. The SMILES string of the molecule is CC(N)Cc1nc2c(s1)COCC2. The lowest BCUT2D eigenvalue weighted by Crippen LogP contribution is -2.17. The van der Waals surface area contributed by atoms with Crippen LogP contribution < -0.4 is 5.73 Å². The molecule has 13 heavy (non-hydrogen) atoms. The fourth-order valence-electron chi connectivity index (χ4n) is 1.44.